The van der Waals surface area contributed by atoms with Gasteiger partial charge in [0, 0.05) is 12.1 Å². The van der Waals surface area contributed by atoms with Crippen LogP contribution in [0.3, 0.4) is 0 Å². The van der Waals surface area contributed by atoms with Crippen LogP contribution < -0.4 is 10.6 Å². The zero-order valence-electron chi connectivity index (χ0n) is 17.3. The van der Waals surface area contributed by atoms with E-state index in [2.05, 4.69) is 16.2 Å². The van der Waals surface area contributed by atoms with Gasteiger partial charge in [-0.25, -0.2) is 9.50 Å². The maximum atomic E-state index is 12.9. The van der Waals surface area contributed by atoms with Crippen LogP contribution in [0.1, 0.15) is 33.3 Å². The van der Waals surface area contributed by atoms with Gasteiger partial charge < -0.3 is 15.4 Å². The average molecular weight is 427 g/mol. The Bertz CT molecular complexity index is 1150. The normalized spacial score (nSPS) is 15.5. The maximum absolute atomic E-state index is 12.9. The molecule has 0 radical (unpaired) electrons. The summed E-state index contributed by atoms with van der Waals surface area (Å²) < 4.78 is 7.16. The fourth-order valence-corrected chi connectivity index (χ4v) is 3.63. The van der Waals surface area contributed by atoms with E-state index in [9.17, 15) is 10.1 Å². The van der Waals surface area contributed by atoms with Crippen molar-refractivity contribution >= 4 is 34.5 Å². The molecule has 2 aromatic heterocycles. The van der Waals surface area contributed by atoms with Crippen molar-refractivity contribution in [3.8, 4) is 17.3 Å². The SMILES string of the molecule is CC.CC1(C)OCCN(c2cc(-c3cc(Cl)c4c(N)ncnn34)ccc2C#N)C1=O. The molecule has 30 heavy (non-hydrogen) atoms. The molecular formula is C21H23ClN6O2. The highest BCUT2D eigenvalue weighted by Gasteiger charge is 2.38. The number of nitriles is 1. The number of benzene rings is 1. The molecule has 0 spiro atoms. The van der Waals surface area contributed by atoms with E-state index in [-0.39, 0.29) is 11.7 Å². The van der Waals surface area contributed by atoms with Crippen LogP contribution >= 0.6 is 11.6 Å². The van der Waals surface area contributed by atoms with Crippen LogP contribution in [-0.2, 0) is 9.53 Å². The largest absolute Gasteiger partial charge is 0.382 e. The average Bonchev–Trinajstić information content (AvgIpc) is 3.09. The van der Waals surface area contributed by atoms with E-state index < -0.39 is 5.60 Å². The van der Waals surface area contributed by atoms with Crippen LogP contribution in [0.15, 0.2) is 30.6 Å². The van der Waals surface area contributed by atoms with E-state index >= 15 is 0 Å². The van der Waals surface area contributed by atoms with Crippen molar-refractivity contribution in [1.82, 2.24) is 14.6 Å². The van der Waals surface area contributed by atoms with Gasteiger partial charge in [0.2, 0.25) is 0 Å². The van der Waals surface area contributed by atoms with E-state index in [1.54, 1.807) is 47.5 Å². The van der Waals surface area contributed by atoms with E-state index in [0.717, 1.165) is 5.56 Å². The Morgan fingerprint density at radius 2 is 2.03 bits per heavy atom. The van der Waals surface area contributed by atoms with Crippen molar-refractivity contribution in [2.75, 3.05) is 23.8 Å². The number of aromatic nitrogens is 3. The quantitative estimate of drug-likeness (QED) is 0.669. The van der Waals surface area contributed by atoms with Gasteiger partial charge in [0.25, 0.3) is 5.91 Å². The first kappa shape index (κ1) is 21.6. The van der Waals surface area contributed by atoms with Crippen molar-refractivity contribution in [3.63, 3.8) is 0 Å². The van der Waals surface area contributed by atoms with Gasteiger partial charge >= 0.3 is 0 Å². The predicted octanol–water partition coefficient (Wildman–Crippen LogP) is 3.67. The topological polar surface area (TPSA) is 110 Å². The summed E-state index contributed by atoms with van der Waals surface area (Å²) in [6.45, 7) is 8.19. The van der Waals surface area contributed by atoms with Gasteiger partial charge in [-0.2, -0.15) is 10.4 Å². The zero-order chi connectivity index (χ0) is 22.1. The molecule has 1 aromatic carbocycles. The minimum Gasteiger partial charge on any atom is -0.382 e. The smallest absolute Gasteiger partial charge is 0.258 e. The minimum absolute atomic E-state index is 0.197. The highest BCUT2D eigenvalue weighted by atomic mass is 35.5. The number of amides is 1. The van der Waals surface area contributed by atoms with Gasteiger partial charge in [-0.05, 0) is 32.0 Å². The number of fused-ring (bicyclic) bond motifs is 1. The first-order chi connectivity index (χ1) is 14.3. The van der Waals surface area contributed by atoms with Crippen LogP contribution in [0.5, 0.6) is 0 Å². The molecule has 0 atom stereocenters. The molecule has 2 N–H and O–H groups in total. The number of morpholine rings is 1. The summed E-state index contributed by atoms with van der Waals surface area (Å²) in [7, 11) is 0. The standard InChI is InChI=1S/C19H17ClN6O2.C2H6/c1-19(2)18(27)25(5-6-28-19)14-7-11(3-4-12(14)9-21)15-8-13(20)16-17(22)23-10-24-26(15)16;1-2/h3-4,7-8,10H,5-6H2,1-2H3,(H2,22,23,24);1-2H3. The van der Waals surface area contributed by atoms with E-state index in [1.807, 2.05) is 13.8 Å². The Kier molecular flexibility index (Phi) is 5.97. The summed E-state index contributed by atoms with van der Waals surface area (Å²) in [5, 5.41) is 14.2. The Morgan fingerprint density at radius 1 is 1.30 bits per heavy atom. The van der Waals surface area contributed by atoms with Crippen molar-refractivity contribution < 1.29 is 9.53 Å². The first-order valence-corrected chi connectivity index (χ1v) is 9.99. The fraction of sp³-hybridized carbons (Fsp3) is 0.333. The third kappa shape index (κ3) is 3.58. The Morgan fingerprint density at radius 3 is 2.73 bits per heavy atom. The highest BCUT2D eigenvalue weighted by Crippen LogP contribution is 2.35. The van der Waals surface area contributed by atoms with Crippen molar-refractivity contribution in [3.05, 3.63) is 41.2 Å². The number of rotatable bonds is 2. The molecule has 0 saturated carbocycles. The molecule has 9 heteroatoms. The van der Waals surface area contributed by atoms with Gasteiger partial charge in [0.05, 0.1) is 28.6 Å². The summed E-state index contributed by atoms with van der Waals surface area (Å²) >= 11 is 6.33. The van der Waals surface area contributed by atoms with Gasteiger partial charge in [0.1, 0.15) is 23.5 Å². The fourth-order valence-electron chi connectivity index (χ4n) is 3.35. The number of hydrogen-bond donors (Lipinski definition) is 1. The lowest BCUT2D eigenvalue weighted by atomic mass is 10.0. The van der Waals surface area contributed by atoms with Gasteiger partial charge in [-0.3, -0.25) is 4.79 Å². The molecule has 0 unspecified atom stereocenters. The van der Waals surface area contributed by atoms with E-state index in [4.69, 9.17) is 22.1 Å². The van der Waals surface area contributed by atoms with Crippen molar-refractivity contribution in [2.45, 2.75) is 33.3 Å². The number of nitrogens with zero attached hydrogens (tertiary/aromatic N) is 5. The number of carbonyl (C=O) groups excluding carboxylic acids is 1. The molecule has 4 rings (SSSR count). The summed E-state index contributed by atoms with van der Waals surface area (Å²) in [4.78, 5) is 18.4. The predicted molar refractivity (Wildman–Crippen MR) is 116 cm³/mol. The summed E-state index contributed by atoms with van der Waals surface area (Å²) in [5.41, 5.74) is 7.82. The number of halogens is 1. The van der Waals surface area contributed by atoms with Crippen molar-refractivity contribution in [1.29, 1.82) is 5.26 Å². The second-order valence-corrected chi connectivity index (χ2v) is 7.35. The van der Waals surface area contributed by atoms with E-state index in [1.165, 1.54) is 6.33 Å². The lowest BCUT2D eigenvalue weighted by Gasteiger charge is -2.37. The molecule has 1 aliphatic heterocycles. The lowest BCUT2D eigenvalue weighted by molar-refractivity contribution is -0.144. The molecule has 1 fully saturated rings. The monoisotopic (exact) mass is 426 g/mol. The molecule has 0 aliphatic carbocycles. The molecule has 1 aliphatic rings. The Labute approximate surface area is 179 Å². The number of ether oxygens (including phenoxy) is 1. The summed E-state index contributed by atoms with van der Waals surface area (Å²) in [6, 6.07) is 9.14. The third-order valence-electron chi connectivity index (χ3n) is 4.78. The summed E-state index contributed by atoms with van der Waals surface area (Å²) in [5.74, 6) is 0.0715. The highest BCUT2D eigenvalue weighted by molar-refractivity contribution is 6.35. The van der Waals surface area contributed by atoms with Crippen LogP contribution in [-0.4, -0.2) is 39.3 Å². The lowest BCUT2D eigenvalue weighted by Crippen LogP contribution is -2.53. The van der Waals surface area contributed by atoms with Gasteiger partial charge in [0.15, 0.2) is 5.82 Å². The molecule has 3 heterocycles. The Hall–Kier alpha value is -3.15. The number of nitrogens with two attached hydrogens (primary N) is 1. The number of hydrogen-bond acceptors (Lipinski definition) is 6. The molecular weight excluding hydrogens is 404 g/mol. The Balaban J connectivity index is 0.00000124. The second-order valence-electron chi connectivity index (χ2n) is 6.94. The molecule has 8 nitrogen and oxygen atoms in total. The van der Waals surface area contributed by atoms with E-state index in [0.29, 0.717) is 40.6 Å². The van der Waals surface area contributed by atoms with Gasteiger partial charge in [-0.1, -0.05) is 31.5 Å². The first-order valence-electron chi connectivity index (χ1n) is 9.61. The zero-order valence-corrected chi connectivity index (χ0v) is 18.1. The van der Waals surface area contributed by atoms with Crippen LogP contribution in [0.4, 0.5) is 11.5 Å². The number of nitrogen functional groups attached to an aromatic ring is 1. The second kappa shape index (κ2) is 8.30. The van der Waals surface area contributed by atoms with Crippen LogP contribution in [0, 0.1) is 11.3 Å². The van der Waals surface area contributed by atoms with Crippen LogP contribution in [0.25, 0.3) is 16.8 Å². The molecule has 156 valence electrons. The molecule has 1 amide bonds. The van der Waals surface area contributed by atoms with Crippen LogP contribution in [0.2, 0.25) is 5.02 Å². The molecule has 0 bridgehead atoms. The third-order valence-corrected chi connectivity index (χ3v) is 5.07. The molecule has 1 saturated heterocycles. The number of carbonyl (C=O) groups is 1. The number of anilines is 2. The molecule has 3 aromatic rings. The maximum Gasteiger partial charge on any atom is 0.258 e. The minimum atomic E-state index is -0.951. The van der Waals surface area contributed by atoms with Crippen molar-refractivity contribution in [2.24, 2.45) is 0 Å². The summed E-state index contributed by atoms with van der Waals surface area (Å²) in [6.07, 6.45) is 1.35. The van der Waals surface area contributed by atoms with Gasteiger partial charge in [-0.15, -0.1) is 0 Å².